The molecule has 0 bridgehead atoms. The number of pyridine rings is 1. The fourth-order valence-corrected chi connectivity index (χ4v) is 2.86. The molecule has 0 saturated heterocycles. The van der Waals surface area contributed by atoms with Gasteiger partial charge in [-0.05, 0) is 43.0 Å². The highest BCUT2D eigenvalue weighted by Crippen LogP contribution is 2.31. The van der Waals surface area contributed by atoms with Gasteiger partial charge in [0.15, 0.2) is 0 Å². The number of methoxy groups -OCH3 is 1. The molecule has 0 radical (unpaired) electrons. The zero-order valence-electron chi connectivity index (χ0n) is 14.7. The van der Waals surface area contributed by atoms with Crippen LogP contribution in [0, 0.1) is 18.8 Å². The second kappa shape index (κ2) is 6.99. The summed E-state index contributed by atoms with van der Waals surface area (Å²) in [5.74, 6) is 2.12. The molecule has 0 fully saturated rings. The number of nitrogens with zero attached hydrogens (tertiary/aromatic N) is 2. The van der Waals surface area contributed by atoms with Gasteiger partial charge in [-0.2, -0.15) is 0 Å². The van der Waals surface area contributed by atoms with Gasteiger partial charge in [-0.15, -0.1) is 0 Å². The van der Waals surface area contributed by atoms with Crippen LogP contribution < -0.4 is 9.64 Å². The van der Waals surface area contributed by atoms with Gasteiger partial charge in [-0.1, -0.05) is 27.7 Å². The SMILES string of the molecule is COc1ccc2nc(C)cc(N(CC(C)C)CC(C)C)c2c1. The molecule has 3 heteroatoms. The number of hydrogen-bond acceptors (Lipinski definition) is 3. The van der Waals surface area contributed by atoms with Crippen molar-refractivity contribution in [1.29, 1.82) is 0 Å². The second-order valence-electron chi connectivity index (χ2n) is 6.86. The monoisotopic (exact) mass is 300 g/mol. The van der Waals surface area contributed by atoms with Crippen LogP contribution in [0.25, 0.3) is 10.9 Å². The van der Waals surface area contributed by atoms with Gasteiger partial charge in [0.25, 0.3) is 0 Å². The molecule has 120 valence electrons. The number of aromatic nitrogens is 1. The van der Waals surface area contributed by atoms with Crippen molar-refractivity contribution >= 4 is 16.6 Å². The average molecular weight is 300 g/mol. The third-order valence-corrected chi connectivity index (χ3v) is 3.63. The van der Waals surface area contributed by atoms with E-state index in [4.69, 9.17) is 4.74 Å². The Labute approximate surface area is 134 Å². The fraction of sp³-hybridized carbons (Fsp3) is 0.526. The van der Waals surface area contributed by atoms with Crippen LogP contribution in [0.2, 0.25) is 0 Å². The van der Waals surface area contributed by atoms with E-state index < -0.39 is 0 Å². The number of benzene rings is 1. The summed E-state index contributed by atoms with van der Waals surface area (Å²) in [6.07, 6.45) is 0. The molecule has 2 aromatic rings. The van der Waals surface area contributed by atoms with E-state index in [0.717, 1.165) is 30.0 Å². The standard InChI is InChI=1S/C19H28N2O/c1-13(2)11-21(12-14(3)4)19-9-15(5)20-18-8-7-16(22-6)10-17(18)19/h7-10,13-14H,11-12H2,1-6H3. The molecular weight excluding hydrogens is 272 g/mol. The fourth-order valence-electron chi connectivity index (χ4n) is 2.86. The first kappa shape index (κ1) is 16.6. The average Bonchev–Trinajstić information content (AvgIpc) is 2.44. The summed E-state index contributed by atoms with van der Waals surface area (Å²) in [6.45, 7) is 13.2. The van der Waals surface area contributed by atoms with Crippen molar-refractivity contribution in [3.8, 4) is 5.75 Å². The normalized spacial score (nSPS) is 11.5. The highest BCUT2D eigenvalue weighted by atomic mass is 16.5. The topological polar surface area (TPSA) is 25.4 Å². The first-order valence-electron chi connectivity index (χ1n) is 8.11. The number of rotatable bonds is 6. The summed E-state index contributed by atoms with van der Waals surface area (Å²) in [6, 6.07) is 8.33. The molecule has 22 heavy (non-hydrogen) atoms. The largest absolute Gasteiger partial charge is 0.497 e. The first-order chi connectivity index (χ1) is 10.4. The van der Waals surface area contributed by atoms with Gasteiger partial charge in [0.05, 0.1) is 12.6 Å². The van der Waals surface area contributed by atoms with E-state index in [1.54, 1.807) is 7.11 Å². The van der Waals surface area contributed by atoms with E-state index in [9.17, 15) is 0 Å². The molecule has 1 aromatic heterocycles. The minimum atomic E-state index is 0.618. The van der Waals surface area contributed by atoms with Gasteiger partial charge in [0.1, 0.15) is 5.75 Å². The molecule has 3 nitrogen and oxygen atoms in total. The minimum Gasteiger partial charge on any atom is -0.497 e. The van der Waals surface area contributed by atoms with Crippen LogP contribution >= 0.6 is 0 Å². The molecule has 2 rings (SSSR count). The van der Waals surface area contributed by atoms with Gasteiger partial charge in [-0.25, -0.2) is 0 Å². The number of fused-ring (bicyclic) bond motifs is 1. The Morgan fingerprint density at radius 2 is 1.68 bits per heavy atom. The third-order valence-electron chi connectivity index (χ3n) is 3.63. The van der Waals surface area contributed by atoms with E-state index in [0.29, 0.717) is 11.8 Å². The van der Waals surface area contributed by atoms with Crippen molar-refractivity contribution in [3.05, 3.63) is 30.0 Å². The Hall–Kier alpha value is -1.77. The van der Waals surface area contributed by atoms with Gasteiger partial charge >= 0.3 is 0 Å². The Morgan fingerprint density at radius 3 is 2.23 bits per heavy atom. The van der Waals surface area contributed by atoms with Crippen LogP contribution in [0.4, 0.5) is 5.69 Å². The number of ether oxygens (including phenoxy) is 1. The molecular formula is C19H28N2O. The predicted molar refractivity (Wildman–Crippen MR) is 94.9 cm³/mol. The van der Waals surface area contributed by atoms with Crippen molar-refractivity contribution < 1.29 is 4.74 Å². The maximum Gasteiger partial charge on any atom is 0.119 e. The smallest absolute Gasteiger partial charge is 0.119 e. The van der Waals surface area contributed by atoms with Crippen molar-refractivity contribution in [1.82, 2.24) is 4.98 Å². The molecule has 0 saturated carbocycles. The molecule has 0 aliphatic carbocycles. The molecule has 0 spiro atoms. The van der Waals surface area contributed by atoms with Crippen molar-refractivity contribution in [2.45, 2.75) is 34.6 Å². The van der Waals surface area contributed by atoms with Crippen molar-refractivity contribution in [2.75, 3.05) is 25.1 Å². The van der Waals surface area contributed by atoms with Crippen molar-refractivity contribution in [2.24, 2.45) is 11.8 Å². The summed E-state index contributed by atoms with van der Waals surface area (Å²) in [5.41, 5.74) is 3.36. The lowest BCUT2D eigenvalue weighted by atomic mass is 10.1. The number of anilines is 1. The van der Waals surface area contributed by atoms with Gasteiger partial charge in [0.2, 0.25) is 0 Å². The summed E-state index contributed by atoms with van der Waals surface area (Å²) >= 11 is 0. The number of aryl methyl sites for hydroxylation is 1. The molecule has 1 heterocycles. The molecule has 0 aliphatic heterocycles. The second-order valence-corrected chi connectivity index (χ2v) is 6.86. The summed E-state index contributed by atoms with van der Waals surface area (Å²) in [7, 11) is 1.71. The van der Waals surface area contributed by atoms with E-state index in [-0.39, 0.29) is 0 Å². The minimum absolute atomic E-state index is 0.618. The van der Waals surface area contributed by atoms with Crippen LogP contribution in [0.1, 0.15) is 33.4 Å². The van der Waals surface area contributed by atoms with Crippen LogP contribution in [0.5, 0.6) is 5.75 Å². The van der Waals surface area contributed by atoms with Crippen LogP contribution in [-0.2, 0) is 0 Å². The zero-order chi connectivity index (χ0) is 16.3. The molecule has 0 atom stereocenters. The Kier molecular flexibility index (Phi) is 5.28. The lowest BCUT2D eigenvalue weighted by Gasteiger charge is -2.30. The maximum absolute atomic E-state index is 5.40. The number of hydrogen-bond donors (Lipinski definition) is 0. The Morgan fingerprint density at radius 1 is 1.05 bits per heavy atom. The Bertz CT molecular complexity index is 625. The zero-order valence-corrected chi connectivity index (χ0v) is 14.7. The van der Waals surface area contributed by atoms with E-state index in [1.165, 1.54) is 11.1 Å². The highest BCUT2D eigenvalue weighted by molar-refractivity contribution is 5.93. The van der Waals surface area contributed by atoms with E-state index in [2.05, 4.69) is 56.6 Å². The van der Waals surface area contributed by atoms with Crippen molar-refractivity contribution in [3.63, 3.8) is 0 Å². The highest BCUT2D eigenvalue weighted by Gasteiger charge is 2.15. The van der Waals surface area contributed by atoms with Gasteiger partial charge in [-0.3, -0.25) is 4.98 Å². The molecule has 0 N–H and O–H groups in total. The van der Waals surface area contributed by atoms with Crippen LogP contribution in [-0.4, -0.2) is 25.2 Å². The lowest BCUT2D eigenvalue weighted by Crippen LogP contribution is -2.31. The molecule has 0 amide bonds. The first-order valence-corrected chi connectivity index (χ1v) is 8.11. The van der Waals surface area contributed by atoms with E-state index in [1.807, 2.05) is 12.1 Å². The molecule has 0 aliphatic rings. The predicted octanol–water partition coefficient (Wildman–Crippen LogP) is 4.67. The quantitative estimate of drug-likeness (QED) is 0.775. The third kappa shape index (κ3) is 3.90. The lowest BCUT2D eigenvalue weighted by molar-refractivity contribution is 0.415. The van der Waals surface area contributed by atoms with Gasteiger partial charge < -0.3 is 9.64 Å². The van der Waals surface area contributed by atoms with Gasteiger partial charge in [0, 0.05) is 29.9 Å². The summed E-state index contributed by atoms with van der Waals surface area (Å²) in [5, 5.41) is 1.17. The molecule has 1 aromatic carbocycles. The summed E-state index contributed by atoms with van der Waals surface area (Å²) < 4.78 is 5.40. The van der Waals surface area contributed by atoms with Crippen LogP contribution in [0.3, 0.4) is 0 Å². The van der Waals surface area contributed by atoms with Crippen LogP contribution in [0.15, 0.2) is 24.3 Å². The maximum atomic E-state index is 5.40. The Balaban J connectivity index is 2.57. The summed E-state index contributed by atoms with van der Waals surface area (Å²) in [4.78, 5) is 7.16. The molecule has 0 unspecified atom stereocenters. The van der Waals surface area contributed by atoms with E-state index >= 15 is 0 Å².